The summed E-state index contributed by atoms with van der Waals surface area (Å²) in [6, 6.07) is 7.70. The van der Waals surface area contributed by atoms with Crippen molar-refractivity contribution in [3.05, 3.63) is 35.0 Å². The lowest BCUT2D eigenvalue weighted by Gasteiger charge is -2.26. The second kappa shape index (κ2) is 4.81. The topological polar surface area (TPSA) is 52.0 Å². The first-order valence-electron chi connectivity index (χ1n) is 7.00. The Labute approximate surface area is 124 Å². The van der Waals surface area contributed by atoms with Crippen molar-refractivity contribution in [3.8, 4) is 11.1 Å². The Morgan fingerprint density at radius 1 is 1.35 bits per heavy atom. The number of nitrogens with two attached hydrogens (primary N) is 1. The lowest BCUT2D eigenvalue weighted by molar-refractivity contribution is 0.314. The quantitative estimate of drug-likeness (QED) is 0.858. The van der Waals surface area contributed by atoms with E-state index in [9.17, 15) is 0 Å². The maximum Gasteiger partial charge on any atom is 0.230 e. The van der Waals surface area contributed by atoms with E-state index in [1.807, 2.05) is 24.3 Å². The van der Waals surface area contributed by atoms with E-state index in [0.29, 0.717) is 16.8 Å². The second-order valence-electron chi connectivity index (χ2n) is 6.22. The highest BCUT2D eigenvalue weighted by Crippen LogP contribution is 2.51. The predicted molar refractivity (Wildman–Crippen MR) is 81.7 cm³/mol. The fourth-order valence-electron chi connectivity index (χ4n) is 3.32. The second-order valence-corrected chi connectivity index (χ2v) is 6.63. The van der Waals surface area contributed by atoms with Crippen molar-refractivity contribution < 1.29 is 4.52 Å². The minimum absolute atomic E-state index is 0.222. The smallest absolute Gasteiger partial charge is 0.230 e. The molecule has 1 aliphatic carbocycles. The average molecular weight is 291 g/mol. The van der Waals surface area contributed by atoms with E-state index < -0.39 is 0 Å². The van der Waals surface area contributed by atoms with Gasteiger partial charge in [0.25, 0.3) is 0 Å². The van der Waals surface area contributed by atoms with Crippen LogP contribution >= 0.6 is 11.6 Å². The highest BCUT2D eigenvalue weighted by Gasteiger charge is 2.39. The van der Waals surface area contributed by atoms with Crippen LogP contribution in [0.1, 0.15) is 44.7 Å². The Bertz CT molecular complexity index is 633. The van der Waals surface area contributed by atoms with Gasteiger partial charge in [-0.15, -0.1) is 0 Å². The van der Waals surface area contributed by atoms with Gasteiger partial charge in [-0.2, -0.15) is 0 Å². The van der Waals surface area contributed by atoms with Crippen LogP contribution in [0.5, 0.6) is 0 Å². The van der Waals surface area contributed by atoms with Gasteiger partial charge in [-0.05, 0) is 24.3 Å². The molecule has 0 radical (unpaired) electrons. The molecule has 1 aromatic heterocycles. The fourth-order valence-corrected chi connectivity index (χ4v) is 3.55. The normalized spacial score (nSPS) is 21.2. The molecule has 1 fully saturated rings. The standard InChI is InChI=1S/C16H19ClN2O/c1-16(2)9-5-7-11(16)14-13(15(18)20-19-14)10-6-3-4-8-12(10)17/h3-4,6,8,11H,5,7,9,18H2,1-2H3. The first-order chi connectivity index (χ1) is 9.50. The Hall–Kier alpha value is -1.48. The molecular weight excluding hydrogens is 272 g/mol. The number of nitrogens with zero attached hydrogens (tertiary/aromatic N) is 1. The summed E-state index contributed by atoms with van der Waals surface area (Å²) < 4.78 is 5.28. The molecule has 106 valence electrons. The summed E-state index contributed by atoms with van der Waals surface area (Å²) in [5.74, 6) is 0.727. The number of hydrogen-bond acceptors (Lipinski definition) is 3. The predicted octanol–water partition coefficient (Wildman–Crippen LogP) is 4.87. The van der Waals surface area contributed by atoms with Crippen LogP contribution in [0.2, 0.25) is 5.02 Å². The molecule has 1 aromatic carbocycles. The highest BCUT2D eigenvalue weighted by atomic mass is 35.5. The van der Waals surface area contributed by atoms with Crippen LogP contribution in [0.3, 0.4) is 0 Å². The summed E-state index contributed by atoms with van der Waals surface area (Å²) in [5, 5.41) is 4.93. The monoisotopic (exact) mass is 290 g/mol. The fraction of sp³-hybridized carbons (Fsp3) is 0.438. The van der Waals surface area contributed by atoms with Crippen LogP contribution in [0.4, 0.5) is 5.88 Å². The van der Waals surface area contributed by atoms with Gasteiger partial charge in [-0.3, -0.25) is 0 Å². The van der Waals surface area contributed by atoms with Gasteiger partial charge < -0.3 is 10.3 Å². The molecule has 1 atom stereocenters. The van der Waals surface area contributed by atoms with E-state index in [1.165, 1.54) is 12.8 Å². The molecule has 0 bridgehead atoms. The summed E-state index contributed by atoms with van der Waals surface area (Å²) in [6.07, 6.45) is 3.54. The molecule has 1 heterocycles. The summed E-state index contributed by atoms with van der Waals surface area (Å²) in [5.41, 5.74) is 8.97. The molecule has 2 N–H and O–H groups in total. The average Bonchev–Trinajstić information content (AvgIpc) is 2.93. The molecule has 1 saturated carbocycles. The van der Waals surface area contributed by atoms with Crippen LogP contribution in [-0.4, -0.2) is 5.16 Å². The third-order valence-electron chi connectivity index (χ3n) is 4.48. The van der Waals surface area contributed by atoms with Gasteiger partial charge in [0, 0.05) is 16.5 Å². The molecule has 2 aromatic rings. The maximum atomic E-state index is 6.31. The third-order valence-corrected chi connectivity index (χ3v) is 4.80. The molecule has 3 nitrogen and oxygen atoms in total. The highest BCUT2D eigenvalue weighted by molar-refractivity contribution is 6.33. The minimum Gasteiger partial charge on any atom is -0.367 e. The van der Waals surface area contributed by atoms with Crippen molar-refractivity contribution in [2.24, 2.45) is 5.41 Å². The van der Waals surface area contributed by atoms with Crippen molar-refractivity contribution in [1.82, 2.24) is 5.16 Å². The minimum atomic E-state index is 0.222. The lowest BCUT2D eigenvalue weighted by atomic mass is 9.78. The van der Waals surface area contributed by atoms with Gasteiger partial charge in [0.1, 0.15) is 0 Å². The summed E-state index contributed by atoms with van der Waals surface area (Å²) in [4.78, 5) is 0. The SMILES string of the molecule is CC1(C)CCCC1c1noc(N)c1-c1ccccc1Cl. The number of halogens is 1. The Kier molecular flexibility index (Phi) is 3.25. The van der Waals surface area contributed by atoms with E-state index in [-0.39, 0.29) is 5.41 Å². The van der Waals surface area contributed by atoms with Gasteiger partial charge in [0.15, 0.2) is 0 Å². The van der Waals surface area contributed by atoms with Crippen LogP contribution in [0.25, 0.3) is 11.1 Å². The first-order valence-corrected chi connectivity index (χ1v) is 7.38. The molecule has 0 aliphatic heterocycles. The summed E-state index contributed by atoms with van der Waals surface area (Å²) in [6.45, 7) is 4.57. The van der Waals surface area contributed by atoms with E-state index in [0.717, 1.165) is 23.2 Å². The molecule has 1 aliphatic rings. The van der Waals surface area contributed by atoms with E-state index >= 15 is 0 Å². The van der Waals surface area contributed by atoms with Crippen LogP contribution in [0, 0.1) is 5.41 Å². The molecule has 0 spiro atoms. The molecule has 3 rings (SSSR count). The zero-order valence-corrected chi connectivity index (χ0v) is 12.6. The van der Waals surface area contributed by atoms with Gasteiger partial charge in [0.2, 0.25) is 5.88 Å². The van der Waals surface area contributed by atoms with E-state index in [4.69, 9.17) is 21.9 Å². The number of rotatable bonds is 2. The number of hydrogen-bond donors (Lipinski definition) is 1. The Morgan fingerprint density at radius 2 is 2.10 bits per heavy atom. The molecular formula is C16H19ClN2O. The molecule has 4 heteroatoms. The van der Waals surface area contributed by atoms with Gasteiger partial charge in [-0.25, -0.2) is 0 Å². The van der Waals surface area contributed by atoms with E-state index in [1.54, 1.807) is 0 Å². The first kappa shape index (κ1) is 13.5. The molecule has 0 saturated heterocycles. The van der Waals surface area contributed by atoms with E-state index in [2.05, 4.69) is 19.0 Å². The summed E-state index contributed by atoms with van der Waals surface area (Å²) >= 11 is 6.31. The van der Waals surface area contributed by atoms with Crippen molar-refractivity contribution in [2.45, 2.75) is 39.0 Å². The van der Waals surface area contributed by atoms with Crippen LogP contribution in [-0.2, 0) is 0 Å². The van der Waals surface area contributed by atoms with Crippen molar-refractivity contribution in [1.29, 1.82) is 0 Å². The molecule has 0 amide bonds. The van der Waals surface area contributed by atoms with Crippen LogP contribution < -0.4 is 5.73 Å². The maximum absolute atomic E-state index is 6.31. The van der Waals surface area contributed by atoms with Crippen molar-refractivity contribution in [3.63, 3.8) is 0 Å². The largest absolute Gasteiger partial charge is 0.367 e. The zero-order chi connectivity index (χ0) is 14.3. The van der Waals surface area contributed by atoms with Crippen molar-refractivity contribution >= 4 is 17.5 Å². The number of nitrogen functional groups attached to an aromatic ring is 1. The number of benzene rings is 1. The zero-order valence-electron chi connectivity index (χ0n) is 11.8. The van der Waals surface area contributed by atoms with Gasteiger partial charge in [0.05, 0.1) is 11.3 Å². The van der Waals surface area contributed by atoms with Crippen LogP contribution in [0.15, 0.2) is 28.8 Å². The van der Waals surface area contributed by atoms with Gasteiger partial charge >= 0.3 is 0 Å². The molecule has 1 unspecified atom stereocenters. The Morgan fingerprint density at radius 3 is 2.75 bits per heavy atom. The number of aromatic nitrogens is 1. The number of anilines is 1. The Balaban J connectivity index is 2.14. The van der Waals surface area contributed by atoms with Crippen molar-refractivity contribution in [2.75, 3.05) is 5.73 Å². The third kappa shape index (κ3) is 2.10. The summed E-state index contributed by atoms with van der Waals surface area (Å²) in [7, 11) is 0. The lowest BCUT2D eigenvalue weighted by Crippen LogP contribution is -2.16. The van der Waals surface area contributed by atoms with Gasteiger partial charge in [-0.1, -0.05) is 55.2 Å². The molecule has 20 heavy (non-hydrogen) atoms.